The topological polar surface area (TPSA) is 88.5 Å². The van der Waals surface area contributed by atoms with Crippen LogP contribution in [0.1, 0.15) is 30.3 Å². The molecule has 0 aliphatic heterocycles. The molecule has 4 N–H and O–H groups in total. The second kappa shape index (κ2) is 5.67. The number of amidine groups is 1. The van der Waals surface area contributed by atoms with Crippen molar-refractivity contribution in [2.45, 2.75) is 39.8 Å². The largest absolute Gasteiger partial charge is 0.409 e. The molecule has 1 heterocycles. The summed E-state index contributed by atoms with van der Waals surface area (Å²) in [6, 6.07) is -0.112. The summed E-state index contributed by atoms with van der Waals surface area (Å²) in [6.07, 6.45) is 0.772. The molecule has 0 fully saturated rings. The fraction of sp³-hybridized carbons (Fsp3) is 0.636. The van der Waals surface area contributed by atoms with Crippen molar-refractivity contribution in [3.8, 4) is 0 Å². The summed E-state index contributed by atoms with van der Waals surface area (Å²) in [4.78, 5) is 0. The van der Waals surface area contributed by atoms with Crippen LogP contribution in [0.5, 0.6) is 0 Å². The minimum atomic E-state index is -0.112. The van der Waals surface area contributed by atoms with Gasteiger partial charge in [-0.1, -0.05) is 12.1 Å². The van der Waals surface area contributed by atoms with Crippen molar-refractivity contribution in [1.29, 1.82) is 0 Å². The van der Waals surface area contributed by atoms with Crippen LogP contribution in [0, 0.1) is 13.8 Å². The predicted molar refractivity (Wildman–Crippen MR) is 67.0 cm³/mol. The number of aryl methyl sites for hydroxylation is 2. The van der Waals surface area contributed by atoms with Gasteiger partial charge in [0.15, 0.2) is 5.84 Å². The maximum atomic E-state index is 8.65. The van der Waals surface area contributed by atoms with Crippen molar-refractivity contribution in [2.24, 2.45) is 17.9 Å². The fourth-order valence-corrected chi connectivity index (χ4v) is 1.83. The summed E-state index contributed by atoms with van der Waals surface area (Å²) in [5.41, 5.74) is 8.89. The van der Waals surface area contributed by atoms with Crippen molar-refractivity contribution < 1.29 is 5.21 Å². The van der Waals surface area contributed by atoms with Crippen molar-refractivity contribution in [1.82, 2.24) is 15.1 Å². The maximum absolute atomic E-state index is 8.65. The normalized spacial score (nSPS) is 14.0. The van der Waals surface area contributed by atoms with E-state index in [1.165, 1.54) is 0 Å². The molecule has 0 aromatic carbocycles. The molecule has 6 nitrogen and oxygen atoms in total. The van der Waals surface area contributed by atoms with E-state index in [0.717, 1.165) is 23.4 Å². The number of oxime groups is 1. The molecule has 0 aliphatic carbocycles. The molecule has 0 aliphatic rings. The lowest BCUT2D eigenvalue weighted by atomic mass is 10.1. The van der Waals surface area contributed by atoms with E-state index in [9.17, 15) is 0 Å². The van der Waals surface area contributed by atoms with Crippen LogP contribution >= 0.6 is 0 Å². The number of hydrogen-bond donors (Lipinski definition) is 3. The summed E-state index contributed by atoms with van der Waals surface area (Å²) in [5.74, 6) is 0.215. The molecule has 1 unspecified atom stereocenters. The molecule has 1 aromatic rings. The highest BCUT2D eigenvalue weighted by Gasteiger charge is 2.14. The zero-order valence-corrected chi connectivity index (χ0v) is 10.9. The molecule has 96 valence electrons. The summed E-state index contributed by atoms with van der Waals surface area (Å²) in [5, 5.41) is 19.3. The Bertz CT molecular complexity index is 410. The molecule has 0 amide bonds. The van der Waals surface area contributed by atoms with E-state index in [0.29, 0.717) is 6.54 Å². The molecule has 0 saturated heterocycles. The molecule has 0 saturated carbocycles. The summed E-state index contributed by atoms with van der Waals surface area (Å²) >= 11 is 0. The van der Waals surface area contributed by atoms with E-state index >= 15 is 0 Å². The zero-order chi connectivity index (χ0) is 13.0. The van der Waals surface area contributed by atoms with Crippen LogP contribution in [-0.2, 0) is 13.6 Å². The Labute approximate surface area is 101 Å². The standard InChI is InChI=1S/C11H21N5O/c1-5-10(11(12)15-17)13-6-9-7(2)14-16(4)8(9)3/h10,13,17H,5-6H2,1-4H3,(H2,12,15). The van der Waals surface area contributed by atoms with E-state index in [2.05, 4.69) is 15.6 Å². The lowest BCUT2D eigenvalue weighted by Gasteiger charge is -2.15. The van der Waals surface area contributed by atoms with E-state index in [1.807, 2.05) is 32.5 Å². The number of nitrogens with zero attached hydrogens (tertiary/aromatic N) is 3. The van der Waals surface area contributed by atoms with Gasteiger partial charge in [0.25, 0.3) is 0 Å². The molecular weight excluding hydrogens is 218 g/mol. The summed E-state index contributed by atoms with van der Waals surface area (Å²) in [7, 11) is 1.92. The number of nitrogens with two attached hydrogens (primary N) is 1. The van der Waals surface area contributed by atoms with Crippen molar-refractivity contribution in [3.05, 3.63) is 17.0 Å². The SMILES string of the molecule is CCC(NCc1c(C)nn(C)c1C)C(N)=NO. The van der Waals surface area contributed by atoms with Crippen LogP contribution in [0.25, 0.3) is 0 Å². The molecular formula is C11H21N5O. The minimum Gasteiger partial charge on any atom is -0.409 e. The average Bonchev–Trinajstić information content (AvgIpc) is 2.55. The van der Waals surface area contributed by atoms with Gasteiger partial charge >= 0.3 is 0 Å². The van der Waals surface area contributed by atoms with Crippen LogP contribution in [0.4, 0.5) is 0 Å². The molecule has 1 rings (SSSR count). The van der Waals surface area contributed by atoms with Crippen LogP contribution in [0.15, 0.2) is 5.16 Å². The van der Waals surface area contributed by atoms with Crippen LogP contribution in [-0.4, -0.2) is 26.9 Å². The Balaban J connectivity index is 2.72. The lowest BCUT2D eigenvalue weighted by molar-refractivity contribution is 0.314. The quantitative estimate of drug-likeness (QED) is 0.305. The lowest BCUT2D eigenvalue weighted by Crippen LogP contribution is -2.40. The number of nitrogens with one attached hydrogen (secondary N) is 1. The highest BCUT2D eigenvalue weighted by atomic mass is 16.4. The molecule has 6 heteroatoms. The highest BCUT2D eigenvalue weighted by Crippen LogP contribution is 2.11. The average molecular weight is 239 g/mol. The summed E-state index contributed by atoms with van der Waals surface area (Å²) < 4.78 is 1.86. The first kappa shape index (κ1) is 13.5. The third-order valence-corrected chi connectivity index (χ3v) is 3.06. The van der Waals surface area contributed by atoms with E-state index < -0.39 is 0 Å². The zero-order valence-electron chi connectivity index (χ0n) is 10.9. The van der Waals surface area contributed by atoms with Crippen LogP contribution in [0.3, 0.4) is 0 Å². The van der Waals surface area contributed by atoms with Gasteiger partial charge in [0.2, 0.25) is 0 Å². The minimum absolute atomic E-state index is 0.112. The highest BCUT2D eigenvalue weighted by molar-refractivity contribution is 5.85. The van der Waals surface area contributed by atoms with E-state index in [4.69, 9.17) is 10.9 Å². The second-order valence-electron chi connectivity index (χ2n) is 4.14. The van der Waals surface area contributed by atoms with Gasteiger partial charge in [0.1, 0.15) is 0 Å². The molecule has 17 heavy (non-hydrogen) atoms. The Kier molecular flexibility index (Phi) is 4.51. The summed E-state index contributed by atoms with van der Waals surface area (Å²) in [6.45, 7) is 6.66. The van der Waals surface area contributed by atoms with Crippen molar-refractivity contribution in [3.63, 3.8) is 0 Å². The van der Waals surface area contributed by atoms with Gasteiger partial charge in [-0.05, 0) is 20.3 Å². The number of aromatic nitrogens is 2. The Hall–Kier alpha value is -1.56. The fourth-order valence-electron chi connectivity index (χ4n) is 1.83. The predicted octanol–water partition coefficient (Wildman–Crippen LogP) is 0.652. The van der Waals surface area contributed by atoms with Gasteiger partial charge in [0, 0.05) is 24.8 Å². The smallest absolute Gasteiger partial charge is 0.156 e. The van der Waals surface area contributed by atoms with Crippen molar-refractivity contribution >= 4 is 5.84 Å². The van der Waals surface area contributed by atoms with Gasteiger partial charge in [-0.15, -0.1) is 0 Å². The van der Waals surface area contributed by atoms with Crippen molar-refractivity contribution in [2.75, 3.05) is 0 Å². The molecule has 0 radical (unpaired) electrons. The third-order valence-electron chi connectivity index (χ3n) is 3.06. The first-order valence-corrected chi connectivity index (χ1v) is 5.71. The molecule has 0 bridgehead atoms. The van der Waals surface area contributed by atoms with E-state index in [-0.39, 0.29) is 11.9 Å². The molecule has 1 atom stereocenters. The first-order valence-electron chi connectivity index (χ1n) is 5.71. The number of hydrogen-bond acceptors (Lipinski definition) is 4. The Morgan fingerprint density at radius 1 is 1.59 bits per heavy atom. The van der Waals surface area contributed by atoms with E-state index in [1.54, 1.807) is 0 Å². The van der Waals surface area contributed by atoms with Gasteiger partial charge in [-0.2, -0.15) is 5.10 Å². The monoisotopic (exact) mass is 239 g/mol. The van der Waals surface area contributed by atoms with Gasteiger partial charge < -0.3 is 16.3 Å². The maximum Gasteiger partial charge on any atom is 0.156 e. The Morgan fingerprint density at radius 3 is 2.65 bits per heavy atom. The molecule has 1 aromatic heterocycles. The third kappa shape index (κ3) is 2.97. The van der Waals surface area contributed by atoms with Gasteiger partial charge in [-0.25, -0.2) is 0 Å². The van der Waals surface area contributed by atoms with Crippen LogP contribution < -0.4 is 11.1 Å². The Morgan fingerprint density at radius 2 is 2.24 bits per heavy atom. The van der Waals surface area contributed by atoms with Gasteiger partial charge in [-0.3, -0.25) is 4.68 Å². The second-order valence-corrected chi connectivity index (χ2v) is 4.14. The first-order chi connectivity index (χ1) is 8.01. The van der Waals surface area contributed by atoms with Crippen LogP contribution in [0.2, 0.25) is 0 Å². The van der Waals surface area contributed by atoms with Gasteiger partial charge in [0.05, 0.1) is 11.7 Å². The number of rotatable bonds is 5. The molecule has 0 spiro atoms.